The molecule has 0 fully saturated rings. The monoisotopic (exact) mass is 441 g/mol. The number of nitrogens with zero attached hydrogens (tertiary/aromatic N) is 2. The molecule has 0 radical (unpaired) electrons. The molecule has 170 valence electrons. The summed E-state index contributed by atoms with van der Waals surface area (Å²) in [5.74, 6) is 2.37. The first kappa shape index (κ1) is 22.6. The fourth-order valence-corrected chi connectivity index (χ4v) is 3.91. The predicted octanol–water partition coefficient (Wildman–Crippen LogP) is 5.60. The third-order valence-electron chi connectivity index (χ3n) is 5.76. The van der Waals surface area contributed by atoms with Crippen LogP contribution < -0.4 is 10.1 Å². The summed E-state index contributed by atoms with van der Waals surface area (Å²) in [6, 6.07) is 25.8. The maximum Gasteiger partial charge on any atom is 0.251 e. The van der Waals surface area contributed by atoms with Gasteiger partial charge in [-0.2, -0.15) is 0 Å². The minimum absolute atomic E-state index is 0.0408. The molecule has 4 aromatic rings. The van der Waals surface area contributed by atoms with E-state index < -0.39 is 0 Å². The molecule has 3 aromatic carbocycles. The van der Waals surface area contributed by atoms with Crippen LogP contribution in [0.25, 0.3) is 11.0 Å². The highest BCUT2D eigenvalue weighted by molar-refractivity contribution is 5.94. The van der Waals surface area contributed by atoms with Crippen molar-refractivity contribution in [3.63, 3.8) is 0 Å². The lowest BCUT2D eigenvalue weighted by Gasteiger charge is -2.12. The predicted molar refractivity (Wildman–Crippen MR) is 133 cm³/mol. The van der Waals surface area contributed by atoms with Crippen molar-refractivity contribution < 1.29 is 9.53 Å². The summed E-state index contributed by atoms with van der Waals surface area (Å²) in [6.45, 7) is 6.27. The molecule has 0 aliphatic heterocycles. The highest BCUT2D eigenvalue weighted by Crippen LogP contribution is 2.20. The Hall–Kier alpha value is -3.60. The zero-order chi connectivity index (χ0) is 23.0. The van der Waals surface area contributed by atoms with Crippen LogP contribution in [-0.4, -0.2) is 28.6 Å². The van der Waals surface area contributed by atoms with Gasteiger partial charge in [-0.1, -0.05) is 56.3 Å². The number of nitrogens with one attached hydrogen (secondary N) is 1. The number of amides is 1. The van der Waals surface area contributed by atoms with Gasteiger partial charge in [0.05, 0.1) is 17.6 Å². The molecule has 33 heavy (non-hydrogen) atoms. The number of imidazole rings is 1. The van der Waals surface area contributed by atoms with Gasteiger partial charge in [0.2, 0.25) is 0 Å². The number of hydrogen-bond donors (Lipinski definition) is 1. The van der Waals surface area contributed by atoms with Crippen LogP contribution in [0.1, 0.15) is 47.9 Å². The highest BCUT2D eigenvalue weighted by atomic mass is 16.5. The largest absolute Gasteiger partial charge is 0.492 e. The second-order valence-electron chi connectivity index (χ2n) is 8.47. The van der Waals surface area contributed by atoms with E-state index in [0.717, 1.165) is 42.0 Å². The van der Waals surface area contributed by atoms with Gasteiger partial charge in [0.15, 0.2) is 0 Å². The lowest BCUT2D eigenvalue weighted by atomic mass is 10.0. The summed E-state index contributed by atoms with van der Waals surface area (Å²) < 4.78 is 8.25. The standard InChI is InChI=1S/C28H31N3O2/c1-21(2)22-14-16-24(17-15-22)33-20-19-31-26-12-7-6-11-25(26)30-27(31)13-8-18-29-28(32)23-9-4-3-5-10-23/h3-7,9-12,14-17,21H,8,13,18-20H2,1-2H3,(H,29,32). The van der Waals surface area contributed by atoms with Gasteiger partial charge in [0.1, 0.15) is 18.2 Å². The first-order valence-corrected chi connectivity index (χ1v) is 11.6. The second kappa shape index (κ2) is 10.8. The number of rotatable bonds is 10. The molecule has 0 saturated heterocycles. The van der Waals surface area contributed by atoms with E-state index >= 15 is 0 Å². The van der Waals surface area contributed by atoms with Crippen molar-refractivity contribution in [2.45, 2.75) is 39.2 Å². The molecule has 5 nitrogen and oxygen atoms in total. The number of fused-ring (bicyclic) bond motifs is 1. The smallest absolute Gasteiger partial charge is 0.251 e. The second-order valence-corrected chi connectivity index (χ2v) is 8.47. The topological polar surface area (TPSA) is 56.1 Å². The summed E-state index contributed by atoms with van der Waals surface area (Å²) in [5.41, 5.74) is 4.09. The maximum absolute atomic E-state index is 12.2. The van der Waals surface area contributed by atoms with E-state index in [1.165, 1.54) is 5.56 Å². The van der Waals surface area contributed by atoms with Gasteiger partial charge < -0.3 is 14.6 Å². The van der Waals surface area contributed by atoms with E-state index in [9.17, 15) is 4.79 Å². The first-order valence-electron chi connectivity index (χ1n) is 11.6. The maximum atomic E-state index is 12.2. The van der Waals surface area contributed by atoms with Crippen LogP contribution in [0.5, 0.6) is 5.75 Å². The minimum atomic E-state index is -0.0408. The van der Waals surface area contributed by atoms with E-state index in [0.29, 0.717) is 24.6 Å². The Bertz CT molecular complexity index is 1180. The van der Waals surface area contributed by atoms with Gasteiger partial charge >= 0.3 is 0 Å². The summed E-state index contributed by atoms with van der Waals surface area (Å²) in [6.07, 6.45) is 1.60. The molecule has 1 heterocycles. The average Bonchev–Trinajstić information content (AvgIpc) is 3.20. The van der Waals surface area contributed by atoms with Crippen LogP contribution in [0.15, 0.2) is 78.9 Å². The van der Waals surface area contributed by atoms with Crippen molar-refractivity contribution >= 4 is 16.9 Å². The first-order chi connectivity index (χ1) is 16.1. The molecule has 0 aliphatic rings. The lowest BCUT2D eigenvalue weighted by Crippen LogP contribution is -2.25. The number of benzene rings is 3. The van der Waals surface area contributed by atoms with E-state index in [1.54, 1.807) is 0 Å². The number of carbonyl (C=O) groups excluding carboxylic acids is 1. The van der Waals surface area contributed by atoms with Crippen molar-refractivity contribution in [1.82, 2.24) is 14.9 Å². The van der Waals surface area contributed by atoms with E-state index in [-0.39, 0.29) is 5.91 Å². The molecule has 0 aliphatic carbocycles. The molecule has 0 bridgehead atoms. The fraction of sp³-hybridized carbons (Fsp3) is 0.286. The van der Waals surface area contributed by atoms with Gasteiger partial charge in [-0.05, 0) is 54.3 Å². The summed E-state index contributed by atoms with van der Waals surface area (Å²) in [5, 5.41) is 3.00. The fourth-order valence-electron chi connectivity index (χ4n) is 3.91. The molecule has 0 atom stereocenters. The number of aryl methyl sites for hydroxylation is 1. The van der Waals surface area contributed by atoms with E-state index in [2.05, 4.69) is 41.9 Å². The van der Waals surface area contributed by atoms with Gasteiger partial charge in [-0.25, -0.2) is 4.98 Å². The molecule has 0 spiro atoms. The Kier molecular flexibility index (Phi) is 7.40. The molecule has 1 N–H and O–H groups in total. The number of ether oxygens (including phenoxy) is 1. The highest BCUT2D eigenvalue weighted by Gasteiger charge is 2.11. The number of para-hydroxylation sites is 2. The van der Waals surface area contributed by atoms with Crippen LogP contribution in [0.3, 0.4) is 0 Å². The molecule has 1 aromatic heterocycles. The molecule has 0 unspecified atom stereocenters. The van der Waals surface area contributed by atoms with Crippen LogP contribution in [0.2, 0.25) is 0 Å². The van der Waals surface area contributed by atoms with Crippen LogP contribution in [0, 0.1) is 0 Å². The van der Waals surface area contributed by atoms with E-state index in [1.807, 2.05) is 60.7 Å². The van der Waals surface area contributed by atoms with Gasteiger partial charge in [-0.15, -0.1) is 0 Å². The molecule has 4 rings (SSSR count). The summed E-state index contributed by atoms with van der Waals surface area (Å²) >= 11 is 0. The third kappa shape index (κ3) is 5.80. The quantitative estimate of drug-likeness (QED) is 0.326. The third-order valence-corrected chi connectivity index (χ3v) is 5.76. The molecule has 0 saturated carbocycles. The van der Waals surface area contributed by atoms with Gasteiger partial charge in [-0.3, -0.25) is 4.79 Å². The Morgan fingerprint density at radius 3 is 2.45 bits per heavy atom. The van der Waals surface area contributed by atoms with Crippen LogP contribution in [-0.2, 0) is 13.0 Å². The SMILES string of the molecule is CC(C)c1ccc(OCCn2c(CCCNC(=O)c3ccccc3)nc3ccccc32)cc1. The average molecular weight is 442 g/mol. The molecular weight excluding hydrogens is 410 g/mol. The molecule has 1 amide bonds. The van der Waals surface area contributed by atoms with Gasteiger partial charge in [0, 0.05) is 18.5 Å². The van der Waals surface area contributed by atoms with Gasteiger partial charge in [0.25, 0.3) is 5.91 Å². The summed E-state index contributed by atoms with van der Waals surface area (Å²) in [7, 11) is 0. The van der Waals surface area contributed by atoms with Crippen LogP contribution >= 0.6 is 0 Å². The molecular formula is C28H31N3O2. The van der Waals surface area contributed by atoms with Crippen molar-refractivity contribution in [2.75, 3.05) is 13.2 Å². The van der Waals surface area contributed by atoms with Crippen molar-refractivity contribution in [3.8, 4) is 5.75 Å². The zero-order valence-electron chi connectivity index (χ0n) is 19.3. The summed E-state index contributed by atoms with van der Waals surface area (Å²) in [4.78, 5) is 17.1. The Morgan fingerprint density at radius 1 is 0.970 bits per heavy atom. The van der Waals surface area contributed by atoms with Crippen molar-refractivity contribution in [2.24, 2.45) is 0 Å². The Balaban J connectivity index is 1.35. The van der Waals surface area contributed by atoms with Crippen molar-refractivity contribution in [1.29, 1.82) is 0 Å². The number of carbonyl (C=O) groups is 1. The number of aromatic nitrogens is 2. The van der Waals surface area contributed by atoms with Crippen LogP contribution in [0.4, 0.5) is 0 Å². The van der Waals surface area contributed by atoms with Crippen molar-refractivity contribution in [3.05, 3.63) is 95.8 Å². The minimum Gasteiger partial charge on any atom is -0.492 e. The Labute approximate surface area is 195 Å². The zero-order valence-corrected chi connectivity index (χ0v) is 19.3. The molecule has 5 heteroatoms. The lowest BCUT2D eigenvalue weighted by molar-refractivity contribution is 0.0953. The number of hydrogen-bond acceptors (Lipinski definition) is 3. The normalized spacial score (nSPS) is 11.1. The Morgan fingerprint density at radius 2 is 1.70 bits per heavy atom. The van der Waals surface area contributed by atoms with E-state index in [4.69, 9.17) is 9.72 Å².